The third kappa shape index (κ3) is 3.82. The van der Waals surface area contributed by atoms with Crippen molar-refractivity contribution >= 4 is 55.1 Å². The van der Waals surface area contributed by atoms with E-state index in [9.17, 15) is 4.79 Å². The van der Waals surface area contributed by atoms with Crippen LogP contribution in [0.5, 0.6) is 11.5 Å². The van der Waals surface area contributed by atoms with Gasteiger partial charge in [-0.2, -0.15) is 0 Å². The fourth-order valence-electron chi connectivity index (χ4n) is 2.15. The molecule has 0 bridgehead atoms. The van der Waals surface area contributed by atoms with Gasteiger partial charge in [-0.05, 0) is 46.3 Å². The minimum Gasteiger partial charge on any atom is -0.489 e. The normalized spacial score (nSPS) is 13.3. The average molecular weight is 462 g/mol. The standard InChI is InChI=1S/C16H12Br2ClNO3/c17-10-2-3-13(11(18)8-10)20-16(21)9-6-12(19)15-14(7-9)22-4-1-5-23-15/h2-3,6-8H,1,4-5H2,(H,20,21). The van der Waals surface area contributed by atoms with Crippen molar-refractivity contribution in [3.63, 3.8) is 0 Å². The van der Waals surface area contributed by atoms with Crippen molar-refractivity contribution in [1.29, 1.82) is 0 Å². The lowest BCUT2D eigenvalue weighted by Gasteiger charge is -2.12. The van der Waals surface area contributed by atoms with E-state index in [1.807, 2.05) is 12.1 Å². The van der Waals surface area contributed by atoms with Crippen LogP contribution < -0.4 is 14.8 Å². The Kier molecular flexibility index (Phi) is 5.14. The van der Waals surface area contributed by atoms with Crippen LogP contribution >= 0.6 is 43.5 Å². The maximum Gasteiger partial charge on any atom is 0.255 e. The Morgan fingerprint density at radius 2 is 1.91 bits per heavy atom. The van der Waals surface area contributed by atoms with Crippen molar-refractivity contribution in [2.24, 2.45) is 0 Å². The second kappa shape index (κ2) is 7.11. The first kappa shape index (κ1) is 16.6. The molecular weight excluding hydrogens is 449 g/mol. The molecule has 0 fully saturated rings. The second-order valence-electron chi connectivity index (χ2n) is 4.91. The summed E-state index contributed by atoms with van der Waals surface area (Å²) in [5, 5.41) is 3.21. The van der Waals surface area contributed by atoms with Crippen LogP contribution in [0.15, 0.2) is 39.3 Å². The zero-order valence-electron chi connectivity index (χ0n) is 11.9. The molecule has 0 spiro atoms. The summed E-state index contributed by atoms with van der Waals surface area (Å²) in [6, 6.07) is 8.74. The minimum atomic E-state index is -0.273. The van der Waals surface area contributed by atoms with E-state index in [0.29, 0.717) is 41.0 Å². The molecule has 0 unspecified atom stereocenters. The lowest BCUT2D eigenvalue weighted by Crippen LogP contribution is -2.12. The number of carbonyl (C=O) groups is 1. The number of anilines is 1. The topological polar surface area (TPSA) is 47.6 Å². The molecule has 0 atom stereocenters. The van der Waals surface area contributed by atoms with Crippen LogP contribution in [0.1, 0.15) is 16.8 Å². The molecule has 120 valence electrons. The molecule has 0 radical (unpaired) electrons. The quantitative estimate of drug-likeness (QED) is 0.662. The zero-order chi connectivity index (χ0) is 16.4. The molecular formula is C16H12Br2ClNO3. The van der Waals surface area contributed by atoms with Crippen LogP contribution in [0.2, 0.25) is 5.02 Å². The number of amides is 1. The van der Waals surface area contributed by atoms with Crippen LogP contribution in [-0.2, 0) is 0 Å². The summed E-state index contributed by atoms with van der Waals surface area (Å²) in [6.45, 7) is 1.08. The highest BCUT2D eigenvalue weighted by Gasteiger charge is 2.19. The lowest BCUT2D eigenvalue weighted by atomic mass is 10.1. The first-order valence-electron chi connectivity index (χ1n) is 6.90. The summed E-state index contributed by atoms with van der Waals surface area (Å²) in [5.74, 6) is 0.714. The van der Waals surface area contributed by atoms with Crippen molar-refractivity contribution in [3.05, 3.63) is 49.9 Å². The van der Waals surface area contributed by atoms with Gasteiger partial charge in [0, 0.05) is 20.9 Å². The van der Waals surface area contributed by atoms with Crippen molar-refractivity contribution in [2.75, 3.05) is 18.5 Å². The van der Waals surface area contributed by atoms with Crippen LogP contribution in [0, 0.1) is 0 Å². The Labute approximate surface area is 155 Å². The highest BCUT2D eigenvalue weighted by Crippen LogP contribution is 2.38. The fourth-order valence-corrected chi connectivity index (χ4v) is 3.56. The molecule has 0 aliphatic carbocycles. The Bertz CT molecular complexity index is 767. The number of fused-ring (bicyclic) bond motifs is 1. The average Bonchev–Trinajstić information content (AvgIpc) is 2.75. The van der Waals surface area contributed by atoms with E-state index in [2.05, 4.69) is 37.2 Å². The third-order valence-corrected chi connectivity index (χ3v) is 4.67. The molecule has 1 amide bonds. The number of rotatable bonds is 2. The van der Waals surface area contributed by atoms with Gasteiger partial charge < -0.3 is 14.8 Å². The molecule has 0 saturated carbocycles. The van der Waals surface area contributed by atoms with E-state index >= 15 is 0 Å². The van der Waals surface area contributed by atoms with Crippen molar-refractivity contribution < 1.29 is 14.3 Å². The maximum absolute atomic E-state index is 12.5. The van der Waals surface area contributed by atoms with Gasteiger partial charge in [-0.1, -0.05) is 27.5 Å². The Morgan fingerprint density at radius 3 is 2.70 bits per heavy atom. The number of hydrogen-bond donors (Lipinski definition) is 1. The maximum atomic E-state index is 12.5. The minimum absolute atomic E-state index is 0.273. The fraction of sp³-hybridized carbons (Fsp3) is 0.188. The number of benzene rings is 2. The Hall–Kier alpha value is -1.24. The van der Waals surface area contributed by atoms with Gasteiger partial charge in [0.2, 0.25) is 0 Å². The monoisotopic (exact) mass is 459 g/mol. The summed E-state index contributed by atoms with van der Waals surface area (Å²) in [7, 11) is 0. The predicted molar refractivity (Wildman–Crippen MR) is 96.9 cm³/mol. The van der Waals surface area contributed by atoms with E-state index in [0.717, 1.165) is 15.4 Å². The van der Waals surface area contributed by atoms with Gasteiger partial charge in [0.15, 0.2) is 11.5 Å². The number of halogens is 3. The van der Waals surface area contributed by atoms with Gasteiger partial charge in [-0.25, -0.2) is 0 Å². The van der Waals surface area contributed by atoms with Gasteiger partial charge in [0.1, 0.15) is 0 Å². The summed E-state index contributed by atoms with van der Waals surface area (Å²) < 4.78 is 12.9. The van der Waals surface area contributed by atoms with Crippen molar-refractivity contribution in [2.45, 2.75) is 6.42 Å². The molecule has 4 nitrogen and oxygen atoms in total. The number of ether oxygens (including phenoxy) is 2. The van der Waals surface area contributed by atoms with E-state index in [1.54, 1.807) is 18.2 Å². The first-order valence-corrected chi connectivity index (χ1v) is 8.86. The highest BCUT2D eigenvalue weighted by atomic mass is 79.9. The number of nitrogens with one attached hydrogen (secondary N) is 1. The molecule has 1 aliphatic heterocycles. The third-order valence-electron chi connectivity index (χ3n) is 3.24. The van der Waals surface area contributed by atoms with Gasteiger partial charge >= 0.3 is 0 Å². The van der Waals surface area contributed by atoms with E-state index in [1.165, 1.54) is 0 Å². The molecule has 0 aromatic heterocycles. The molecule has 1 N–H and O–H groups in total. The van der Waals surface area contributed by atoms with Crippen LogP contribution in [0.25, 0.3) is 0 Å². The highest BCUT2D eigenvalue weighted by molar-refractivity contribution is 9.11. The van der Waals surface area contributed by atoms with E-state index in [4.69, 9.17) is 21.1 Å². The number of hydrogen-bond acceptors (Lipinski definition) is 3. The van der Waals surface area contributed by atoms with Gasteiger partial charge in [-0.3, -0.25) is 4.79 Å². The Balaban J connectivity index is 1.87. The molecule has 1 heterocycles. The van der Waals surface area contributed by atoms with E-state index in [-0.39, 0.29) is 5.91 Å². The first-order chi connectivity index (χ1) is 11.0. The van der Waals surface area contributed by atoms with Crippen LogP contribution in [0.4, 0.5) is 5.69 Å². The van der Waals surface area contributed by atoms with Gasteiger partial charge in [0.05, 0.1) is 23.9 Å². The van der Waals surface area contributed by atoms with Crippen LogP contribution in [0.3, 0.4) is 0 Å². The van der Waals surface area contributed by atoms with Gasteiger partial charge in [-0.15, -0.1) is 0 Å². The summed E-state index contributed by atoms with van der Waals surface area (Å²) in [5.41, 5.74) is 1.08. The smallest absolute Gasteiger partial charge is 0.255 e. The SMILES string of the molecule is O=C(Nc1ccc(Br)cc1Br)c1cc(Cl)c2c(c1)OCCCO2. The summed E-state index contributed by atoms with van der Waals surface area (Å²) in [4.78, 5) is 12.5. The summed E-state index contributed by atoms with van der Waals surface area (Å²) >= 11 is 13.0. The van der Waals surface area contributed by atoms with Crippen LogP contribution in [-0.4, -0.2) is 19.1 Å². The van der Waals surface area contributed by atoms with Crippen molar-refractivity contribution in [3.8, 4) is 11.5 Å². The molecule has 1 aliphatic rings. The van der Waals surface area contributed by atoms with Crippen molar-refractivity contribution in [1.82, 2.24) is 0 Å². The second-order valence-corrected chi connectivity index (χ2v) is 7.09. The molecule has 2 aromatic rings. The predicted octanol–water partition coefficient (Wildman–Crippen LogP) is 5.28. The van der Waals surface area contributed by atoms with Gasteiger partial charge in [0.25, 0.3) is 5.91 Å². The zero-order valence-corrected chi connectivity index (χ0v) is 15.8. The Morgan fingerprint density at radius 1 is 1.13 bits per heavy atom. The molecule has 7 heteroatoms. The molecule has 0 saturated heterocycles. The largest absolute Gasteiger partial charge is 0.489 e. The molecule has 23 heavy (non-hydrogen) atoms. The molecule has 2 aromatic carbocycles. The van der Waals surface area contributed by atoms with E-state index < -0.39 is 0 Å². The molecule has 3 rings (SSSR count). The number of carbonyl (C=O) groups excluding carboxylic acids is 1. The lowest BCUT2D eigenvalue weighted by molar-refractivity contribution is 0.102. The summed E-state index contributed by atoms with van der Waals surface area (Å²) in [6.07, 6.45) is 0.776.